The van der Waals surface area contributed by atoms with Gasteiger partial charge >= 0.3 is 0 Å². The smallest absolute Gasteiger partial charge is 0.255 e. The van der Waals surface area contributed by atoms with E-state index in [9.17, 15) is 4.79 Å². The maximum absolute atomic E-state index is 11.9. The number of hydrogen-bond acceptors (Lipinski definition) is 3. The maximum atomic E-state index is 11.9. The van der Waals surface area contributed by atoms with Gasteiger partial charge in [-0.1, -0.05) is 6.92 Å². The van der Waals surface area contributed by atoms with Crippen molar-refractivity contribution in [1.82, 2.24) is 5.32 Å². The number of halogens is 1. The first kappa shape index (κ1) is 13.8. The number of methoxy groups -OCH3 is 2. The number of ether oxygens (including phenoxy) is 2. The number of benzene rings is 1. The van der Waals surface area contributed by atoms with Gasteiger partial charge < -0.3 is 14.8 Å². The molecule has 0 aliphatic heterocycles. The molecule has 4 nitrogen and oxygen atoms in total. The Kier molecular flexibility index (Phi) is 5.28. The Hall–Kier alpha value is -1.23. The zero-order valence-electron chi connectivity index (χ0n) is 10.2. The van der Waals surface area contributed by atoms with Crippen molar-refractivity contribution in [3.63, 3.8) is 0 Å². The minimum absolute atomic E-state index is 0.164. The molecule has 0 radical (unpaired) electrons. The van der Waals surface area contributed by atoms with Crippen LogP contribution in [0.2, 0.25) is 0 Å². The summed E-state index contributed by atoms with van der Waals surface area (Å²) < 4.78 is 11.0. The molecule has 1 N–H and O–H groups in total. The minimum atomic E-state index is -0.164. The molecule has 1 rings (SSSR count). The van der Waals surface area contributed by atoms with Crippen LogP contribution in [-0.4, -0.2) is 26.7 Å². The van der Waals surface area contributed by atoms with Gasteiger partial charge in [0.25, 0.3) is 5.91 Å². The molecule has 0 fully saturated rings. The van der Waals surface area contributed by atoms with Crippen molar-refractivity contribution in [1.29, 1.82) is 0 Å². The zero-order valence-corrected chi connectivity index (χ0v) is 11.8. The number of rotatable bonds is 5. The second-order valence-electron chi connectivity index (χ2n) is 3.45. The summed E-state index contributed by atoms with van der Waals surface area (Å²) in [6.07, 6.45) is 0.888. The van der Waals surface area contributed by atoms with Gasteiger partial charge in [-0.15, -0.1) is 0 Å². The molecule has 0 atom stereocenters. The van der Waals surface area contributed by atoms with Crippen molar-refractivity contribution in [2.75, 3.05) is 20.8 Å². The number of carbonyl (C=O) groups excluding carboxylic acids is 1. The summed E-state index contributed by atoms with van der Waals surface area (Å²) >= 11 is 3.35. The average Bonchev–Trinajstić information content (AvgIpc) is 2.34. The van der Waals surface area contributed by atoms with Crippen molar-refractivity contribution >= 4 is 21.8 Å². The second-order valence-corrected chi connectivity index (χ2v) is 4.30. The molecule has 0 saturated carbocycles. The molecule has 0 heterocycles. The molecule has 0 unspecified atom stereocenters. The van der Waals surface area contributed by atoms with Crippen LogP contribution < -0.4 is 14.8 Å². The van der Waals surface area contributed by atoms with Crippen LogP contribution in [0.25, 0.3) is 0 Å². The Morgan fingerprint density at radius 3 is 2.59 bits per heavy atom. The van der Waals surface area contributed by atoms with Gasteiger partial charge in [-0.25, -0.2) is 0 Å². The zero-order chi connectivity index (χ0) is 12.8. The molecule has 17 heavy (non-hydrogen) atoms. The first-order valence-electron chi connectivity index (χ1n) is 5.33. The summed E-state index contributed by atoms with van der Waals surface area (Å²) in [7, 11) is 3.09. The van der Waals surface area contributed by atoms with Crippen molar-refractivity contribution in [3.8, 4) is 11.5 Å². The highest BCUT2D eigenvalue weighted by atomic mass is 79.9. The predicted octanol–water partition coefficient (Wildman–Crippen LogP) is 2.61. The van der Waals surface area contributed by atoms with Crippen molar-refractivity contribution in [2.45, 2.75) is 13.3 Å². The molecule has 94 valence electrons. The number of amides is 1. The Balaban J connectivity index is 3.10. The average molecular weight is 302 g/mol. The van der Waals surface area contributed by atoms with Gasteiger partial charge in [-0.2, -0.15) is 0 Å². The van der Waals surface area contributed by atoms with E-state index in [-0.39, 0.29) is 5.91 Å². The SMILES string of the molecule is CCCNC(=O)c1cc(OC)cc(Br)c1OC. The number of carbonyl (C=O) groups is 1. The van der Waals surface area contributed by atoms with Crippen LogP contribution in [0.3, 0.4) is 0 Å². The van der Waals surface area contributed by atoms with E-state index in [0.29, 0.717) is 28.1 Å². The van der Waals surface area contributed by atoms with Crippen LogP contribution in [0.15, 0.2) is 16.6 Å². The van der Waals surface area contributed by atoms with Crippen LogP contribution in [-0.2, 0) is 0 Å². The van der Waals surface area contributed by atoms with Crippen molar-refractivity contribution < 1.29 is 14.3 Å². The monoisotopic (exact) mass is 301 g/mol. The summed E-state index contributed by atoms with van der Waals surface area (Å²) in [5, 5.41) is 2.81. The molecule has 0 aromatic heterocycles. The lowest BCUT2D eigenvalue weighted by molar-refractivity contribution is 0.0950. The standard InChI is InChI=1S/C12H16BrNO3/c1-4-5-14-12(15)9-6-8(16-2)7-10(13)11(9)17-3/h6-7H,4-5H2,1-3H3,(H,14,15). The lowest BCUT2D eigenvalue weighted by atomic mass is 10.1. The van der Waals surface area contributed by atoms with Gasteiger partial charge in [0.05, 0.1) is 24.3 Å². The van der Waals surface area contributed by atoms with Crippen molar-refractivity contribution in [3.05, 3.63) is 22.2 Å². The maximum Gasteiger partial charge on any atom is 0.255 e. The summed E-state index contributed by atoms with van der Waals surface area (Å²) in [5.41, 5.74) is 0.465. The largest absolute Gasteiger partial charge is 0.497 e. The Bertz CT molecular complexity index is 407. The Labute approximate surface area is 109 Å². The predicted molar refractivity (Wildman–Crippen MR) is 69.9 cm³/mol. The van der Waals surface area contributed by atoms with E-state index >= 15 is 0 Å². The van der Waals surface area contributed by atoms with E-state index in [2.05, 4.69) is 21.2 Å². The van der Waals surface area contributed by atoms with Crippen LogP contribution >= 0.6 is 15.9 Å². The van der Waals surface area contributed by atoms with E-state index in [1.807, 2.05) is 6.92 Å². The molecule has 0 spiro atoms. The fraction of sp³-hybridized carbons (Fsp3) is 0.417. The molecule has 0 saturated heterocycles. The highest BCUT2D eigenvalue weighted by Gasteiger charge is 2.16. The Morgan fingerprint density at radius 1 is 1.35 bits per heavy atom. The molecule has 0 bridgehead atoms. The highest BCUT2D eigenvalue weighted by Crippen LogP contribution is 2.33. The molecule has 1 amide bonds. The second kappa shape index (κ2) is 6.49. The third kappa shape index (κ3) is 3.36. The molecule has 1 aromatic rings. The normalized spacial score (nSPS) is 9.88. The lowest BCUT2D eigenvalue weighted by Gasteiger charge is -2.12. The summed E-state index contributed by atoms with van der Waals surface area (Å²) in [4.78, 5) is 11.9. The Morgan fingerprint density at radius 2 is 2.06 bits per heavy atom. The molecular weight excluding hydrogens is 286 g/mol. The first-order chi connectivity index (χ1) is 8.13. The summed E-state index contributed by atoms with van der Waals surface area (Å²) in [5.74, 6) is 0.960. The van der Waals surface area contributed by atoms with Gasteiger partial charge in [0, 0.05) is 6.54 Å². The first-order valence-corrected chi connectivity index (χ1v) is 6.13. The van der Waals surface area contributed by atoms with E-state index in [4.69, 9.17) is 9.47 Å². The van der Waals surface area contributed by atoms with Crippen LogP contribution in [0, 0.1) is 0 Å². The summed E-state index contributed by atoms with van der Waals surface area (Å²) in [6, 6.07) is 3.42. The van der Waals surface area contributed by atoms with E-state index in [0.717, 1.165) is 6.42 Å². The topological polar surface area (TPSA) is 47.6 Å². The van der Waals surface area contributed by atoms with Gasteiger partial charge in [-0.3, -0.25) is 4.79 Å². The molecule has 1 aromatic carbocycles. The fourth-order valence-corrected chi connectivity index (χ4v) is 2.00. The van der Waals surface area contributed by atoms with Gasteiger partial charge in [0.2, 0.25) is 0 Å². The molecule has 5 heteroatoms. The highest BCUT2D eigenvalue weighted by molar-refractivity contribution is 9.10. The van der Waals surface area contributed by atoms with E-state index in [1.165, 1.54) is 7.11 Å². The molecular formula is C12H16BrNO3. The van der Waals surface area contributed by atoms with Gasteiger partial charge in [0.15, 0.2) is 0 Å². The molecule has 0 aliphatic rings. The van der Waals surface area contributed by atoms with Crippen molar-refractivity contribution in [2.24, 2.45) is 0 Å². The third-order valence-corrected chi connectivity index (χ3v) is 2.83. The fourth-order valence-electron chi connectivity index (χ4n) is 1.40. The summed E-state index contributed by atoms with van der Waals surface area (Å²) in [6.45, 7) is 2.63. The minimum Gasteiger partial charge on any atom is -0.497 e. The number of nitrogens with one attached hydrogen (secondary N) is 1. The third-order valence-electron chi connectivity index (χ3n) is 2.24. The van der Waals surface area contributed by atoms with Crippen LogP contribution in [0.5, 0.6) is 11.5 Å². The van der Waals surface area contributed by atoms with Crippen LogP contribution in [0.1, 0.15) is 23.7 Å². The van der Waals surface area contributed by atoms with E-state index in [1.54, 1.807) is 19.2 Å². The molecule has 0 aliphatic carbocycles. The lowest BCUT2D eigenvalue weighted by Crippen LogP contribution is -2.24. The number of hydrogen-bond donors (Lipinski definition) is 1. The van der Waals surface area contributed by atoms with Gasteiger partial charge in [-0.05, 0) is 34.5 Å². The van der Waals surface area contributed by atoms with Crippen LogP contribution in [0.4, 0.5) is 0 Å². The van der Waals surface area contributed by atoms with E-state index < -0.39 is 0 Å². The quantitative estimate of drug-likeness (QED) is 0.909. The van der Waals surface area contributed by atoms with Gasteiger partial charge in [0.1, 0.15) is 11.5 Å².